The number of fused-ring (bicyclic) bond motifs is 1. The van der Waals surface area contributed by atoms with Gasteiger partial charge in [0, 0.05) is 17.9 Å². The van der Waals surface area contributed by atoms with Crippen LogP contribution in [0.5, 0.6) is 0 Å². The lowest BCUT2D eigenvalue weighted by atomic mass is 10.0. The van der Waals surface area contributed by atoms with E-state index >= 15 is 0 Å². The van der Waals surface area contributed by atoms with Crippen LogP contribution in [0.2, 0.25) is 5.02 Å². The number of hydrogen-bond donors (Lipinski definition) is 3. The van der Waals surface area contributed by atoms with Gasteiger partial charge >= 0.3 is 12.1 Å². The zero-order valence-electron chi connectivity index (χ0n) is 14.8. The third kappa shape index (κ3) is 5.68. The Morgan fingerprint density at radius 2 is 1.85 bits per heavy atom. The molecule has 1 atom stereocenters. The fraction of sp³-hybridized carbons (Fsp3) is 0.263. The van der Waals surface area contributed by atoms with E-state index in [2.05, 4.69) is 4.74 Å². The van der Waals surface area contributed by atoms with E-state index < -0.39 is 17.7 Å². The van der Waals surface area contributed by atoms with Gasteiger partial charge in [0.05, 0.1) is 7.11 Å². The molecule has 0 saturated heterocycles. The van der Waals surface area contributed by atoms with Crippen LogP contribution < -0.4 is 11.3 Å². The smallest absolute Gasteiger partial charge is 0.421 e. The Balaban J connectivity index is 0.000000199. The number of aliphatic hydroxyl groups is 1. The van der Waals surface area contributed by atoms with Crippen LogP contribution in [0.3, 0.4) is 0 Å². The lowest BCUT2D eigenvalue weighted by Gasteiger charge is -2.18. The Morgan fingerprint density at radius 1 is 1.19 bits per heavy atom. The van der Waals surface area contributed by atoms with Crippen molar-refractivity contribution in [2.75, 3.05) is 7.11 Å². The number of rotatable bonds is 3. The number of hydrazine groups is 1. The number of ether oxygens (including phenoxy) is 2. The molecule has 4 N–H and O–H groups in total. The second-order valence-electron chi connectivity index (χ2n) is 6.00. The molecule has 0 radical (unpaired) electrons. The van der Waals surface area contributed by atoms with E-state index in [4.69, 9.17) is 22.2 Å². The van der Waals surface area contributed by atoms with E-state index in [0.717, 1.165) is 16.7 Å². The molecule has 144 valence electrons. The summed E-state index contributed by atoms with van der Waals surface area (Å²) in [4.78, 5) is 21.9. The molecule has 2 aromatic rings. The summed E-state index contributed by atoms with van der Waals surface area (Å²) in [6.07, 6.45) is -0.0549. The summed E-state index contributed by atoms with van der Waals surface area (Å²) in [5.41, 5.74) is 3.25. The van der Waals surface area contributed by atoms with Crippen LogP contribution in [0, 0.1) is 0 Å². The molecule has 0 saturated carbocycles. The molecule has 8 heteroatoms. The van der Waals surface area contributed by atoms with Crippen LogP contribution in [0.25, 0.3) is 0 Å². The molecule has 0 heterocycles. The Bertz CT molecular complexity index is 800. The predicted molar refractivity (Wildman–Crippen MR) is 99.8 cm³/mol. The van der Waals surface area contributed by atoms with Gasteiger partial charge in [-0.3, -0.25) is 5.43 Å². The topological polar surface area (TPSA) is 111 Å². The normalized spacial score (nSPS) is 17.2. The van der Waals surface area contributed by atoms with Gasteiger partial charge in [0.2, 0.25) is 0 Å². The Morgan fingerprint density at radius 3 is 2.48 bits per heavy atom. The fourth-order valence-corrected chi connectivity index (χ4v) is 2.92. The van der Waals surface area contributed by atoms with Crippen molar-refractivity contribution in [2.24, 2.45) is 5.84 Å². The number of halogens is 1. The average Bonchev–Trinajstić information content (AvgIpc) is 3.03. The van der Waals surface area contributed by atoms with Crippen molar-refractivity contribution in [1.82, 2.24) is 5.43 Å². The van der Waals surface area contributed by atoms with Gasteiger partial charge in [0.15, 0.2) is 5.60 Å². The molecular formula is C19H21ClN2O5. The van der Waals surface area contributed by atoms with Gasteiger partial charge in [-0.25, -0.2) is 15.4 Å². The minimum absolute atomic E-state index is 0.240. The van der Waals surface area contributed by atoms with Crippen LogP contribution in [-0.2, 0) is 33.7 Å². The van der Waals surface area contributed by atoms with E-state index in [9.17, 15) is 14.7 Å². The van der Waals surface area contributed by atoms with E-state index in [0.29, 0.717) is 11.4 Å². The van der Waals surface area contributed by atoms with Gasteiger partial charge in [-0.2, -0.15) is 0 Å². The van der Waals surface area contributed by atoms with Crippen molar-refractivity contribution in [3.8, 4) is 0 Å². The predicted octanol–water partition coefficient (Wildman–Crippen LogP) is 2.13. The highest BCUT2D eigenvalue weighted by atomic mass is 35.5. The summed E-state index contributed by atoms with van der Waals surface area (Å²) in [7, 11) is 1.27. The molecule has 0 fully saturated rings. The van der Waals surface area contributed by atoms with Crippen LogP contribution in [0.4, 0.5) is 4.79 Å². The molecule has 2 aromatic carbocycles. The first-order chi connectivity index (χ1) is 12.9. The van der Waals surface area contributed by atoms with E-state index in [1.165, 1.54) is 7.11 Å². The maximum absolute atomic E-state index is 11.4. The van der Waals surface area contributed by atoms with Crippen molar-refractivity contribution >= 4 is 23.7 Å². The zero-order valence-corrected chi connectivity index (χ0v) is 15.5. The minimum atomic E-state index is -1.41. The maximum atomic E-state index is 11.4. The highest BCUT2D eigenvalue weighted by Crippen LogP contribution is 2.32. The molecule has 0 spiro atoms. The molecule has 3 rings (SSSR count). The highest BCUT2D eigenvalue weighted by Gasteiger charge is 2.43. The van der Waals surface area contributed by atoms with Gasteiger partial charge in [0.1, 0.15) is 6.61 Å². The first kappa shape index (κ1) is 20.7. The van der Waals surface area contributed by atoms with Crippen LogP contribution >= 0.6 is 11.6 Å². The number of hydrogen-bond acceptors (Lipinski definition) is 6. The SMILES string of the molecule is COC(=O)C1(O)Cc2ccc(Cl)cc2C1.NNC(=O)OCc1ccccc1. The molecule has 1 aliphatic rings. The van der Waals surface area contributed by atoms with Crippen molar-refractivity contribution in [3.63, 3.8) is 0 Å². The fourth-order valence-electron chi connectivity index (χ4n) is 2.72. The van der Waals surface area contributed by atoms with Crippen LogP contribution in [0.1, 0.15) is 16.7 Å². The number of nitrogens with two attached hydrogens (primary N) is 1. The first-order valence-corrected chi connectivity index (χ1v) is 8.51. The largest absolute Gasteiger partial charge is 0.467 e. The number of methoxy groups -OCH3 is 1. The lowest BCUT2D eigenvalue weighted by molar-refractivity contribution is -0.161. The summed E-state index contributed by atoms with van der Waals surface area (Å²) in [6.45, 7) is 0.240. The molecule has 1 unspecified atom stereocenters. The first-order valence-electron chi connectivity index (χ1n) is 8.13. The third-order valence-electron chi connectivity index (χ3n) is 4.03. The van der Waals surface area contributed by atoms with E-state index in [-0.39, 0.29) is 13.0 Å². The number of carbonyl (C=O) groups is 2. The third-order valence-corrected chi connectivity index (χ3v) is 4.27. The minimum Gasteiger partial charge on any atom is -0.467 e. The molecule has 1 amide bonds. The number of amides is 1. The molecule has 1 aliphatic carbocycles. The van der Waals surface area contributed by atoms with Crippen LogP contribution in [-0.4, -0.2) is 29.9 Å². The summed E-state index contributed by atoms with van der Waals surface area (Å²) < 4.78 is 9.28. The maximum Gasteiger partial charge on any atom is 0.421 e. The van der Waals surface area contributed by atoms with Gasteiger partial charge in [0.25, 0.3) is 0 Å². The number of carbonyl (C=O) groups excluding carboxylic acids is 2. The van der Waals surface area contributed by atoms with E-state index in [1.807, 2.05) is 41.8 Å². The molecule has 0 aliphatic heterocycles. The summed E-state index contributed by atoms with van der Waals surface area (Å²) in [6, 6.07) is 14.7. The number of benzene rings is 2. The second kappa shape index (κ2) is 9.36. The summed E-state index contributed by atoms with van der Waals surface area (Å²) >= 11 is 5.83. The lowest BCUT2D eigenvalue weighted by Crippen LogP contribution is -2.40. The standard InChI is InChI=1S/C11H11ClO3.C8H10N2O2/c1-15-10(13)11(14)5-7-2-3-9(12)4-8(7)6-11;9-10-8(11)12-6-7-4-2-1-3-5-7/h2-4,14H,5-6H2,1H3;1-5H,6,9H2,(H,10,11). The Hall–Kier alpha value is -2.61. The average molecular weight is 393 g/mol. The van der Waals surface area contributed by atoms with Crippen molar-refractivity contribution in [1.29, 1.82) is 0 Å². The molecule has 0 aromatic heterocycles. The highest BCUT2D eigenvalue weighted by molar-refractivity contribution is 6.30. The van der Waals surface area contributed by atoms with Gasteiger partial charge in [-0.05, 0) is 28.8 Å². The zero-order chi connectivity index (χ0) is 19.9. The summed E-state index contributed by atoms with van der Waals surface area (Å²) in [5, 5.41) is 10.7. The van der Waals surface area contributed by atoms with Gasteiger partial charge in [-0.15, -0.1) is 0 Å². The Labute approximate surface area is 162 Å². The quantitative estimate of drug-likeness (QED) is 0.319. The number of nitrogens with one attached hydrogen (secondary N) is 1. The summed E-state index contributed by atoms with van der Waals surface area (Å²) in [5.74, 6) is 4.22. The molecule has 0 bridgehead atoms. The molecular weight excluding hydrogens is 372 g/mol. The van der Waals surface area contributed by atoms with Crippen LogP contribution in [0.15, 0.2) is 48.5 Å². The van der Waals surface area contributed by atoms with Crippen molar-refractivity contribution in [2.45, 2.75) is 25.0 Å². The van der Waals surface area contributed by atoms with E-state index in [1.54, 1.807) is 12.1 Å². The number of esters is 1. The second-order valence-corrected chi connectivity index (χ2v) is 6.43. The van der Waals surface area contributed by atoms with Crippen molar-refractivity contribution in [3.05, 3.63) is 70.2 Å². The Kier molecular flexibility index (Phi) is 7.18. The molecule has 27 heavy (non-hydrogen) atoms. The molecule has 7 nitrogen and oxygen atoms in total. The van der Waals surface area contributed by atoms with Crippen molar-refractivity contribution < 1.29 is 24.2 Å². The monoisotopic (exact) mass is 392 g/mol. The van der Waals surface area contributed by atoms with Gasteiger partial charge < -0.3 is 14.6 Å². The van der Waals surface area contributed by atoms with Gasteiger partial charge in [-0.1, -0.05) is 48.0 Å².